The fourth-order valence-corrected chi connectivity index (χ4v) is 9.02. The van der Waals surface area contributed by atoms with Crippen LogP contribution in [0.2, 0.25) is 5.04 Å². The molecule has 0 radical (unpaired) electrons. The average molecular weight is 413 g/mol. The highest BCUT2D eigenvalue weighted by atomic mass is 28.4. The quantitative estimate of drug-likeness (QED) is 0.552. The van der Waals surface area contributed by atoms with E-state index in [1.54, 1.807) is 0 Å². The summed E-state index contributed by atoms with van der Waals surface area (Å²) in [5.41, 5.74) is -0.285. The summed E-state index contributed by atoms with van der Waals surface area (Å²) < 4.78 is 18.6. The van der Waals surface area contributed by atoms with Gasteiger partial charge < -0.3 is 13.9 Å². The van der Waals surface area contributed by atoms with E-state index < -0.39 is 14.6 Å². The van der Waals surface area contributed by atoms with Gasteiger partial charge in [0.1, 0.15) is 6.10 Å². The molecular formula is C24H32O4Si. The first kappa shape index (κ1) is 21.7. The zero-order valence-corrected chi connectivity index (χ0v) is 19.3. The summed E-state index contributed by atoms with van der Waals surface area (Å²) in [5, 5.41) is 2.24. The summed E-state index contributed by atoms with van der Waals surface area (Å²) >= 11 is 0. The minimum absolute atomic E-state index is 0.158. The van der Waals surface area contributed by atoms with Crippen LogP contribution in [0.5, 0.6) is 0 Å². The van der Waals surface area contributed by atoms with E-state index in [2.05, 4.69) is 83.1 Å². The van der Waals surface area contributed by atoms with Gasteiger partial charge >= 0.3 is 5.97 Å². The number of esters is 1. The molecule has 1 aliphatic heterocycles. The smallest absolute Gasteiger partial charge is 0.305 e. The molecule has 5 heteroatoms. The number of hydrogen-bond donors (Lipinski definition) is 0. The zero-order valence-electron chi connectivity index (χ0n) is 18.3. The summed E-state index contributed by atoms with van der Waals surface area (Å²) in [5.74, 6) is -0.358. The van der Waals surface area contributed by atoms with Crippen molar-refractivity contribution < 1.29 is 18.7 Å². The maximum atomic E-state index is 11.7. The van der Waals surface area contributed by atoms with Crippen LogP contribution in [0.1, 0.15) is 41.5 Å². The first-order valence-electron chi connectivity index (χ1n) is 10.2. The van der Waals surface area contributed by atoms with Crippen LogP contribution in [0.15, 0.2) is 60.7 Å². The van der Waals surface area contributed by atoms with E-state index in [-0.39, 0.29) is 22.5 Å². The number of rotatable bonds is 5. The number of carbonyl (C=O) groups is 1. The molecule has 0 amide bonds. The van der Waals surface area contributed by atoms with Crippen molar-refractivity contribution in [3.05, 3.63) is 60.7 Å². The largest absolute Gasteiger partial charge is 0.433 e. The molecule has 156 valence electrons. The van der Waals surface area contributed by atoms with Crippen molar-refractivity contribution in [1.29, 1.82) is 0 Å². The molecule has 3 rings (SSSR count). The van der Waals surface area contributed by atoms with Gasteiger partial charge in [0, 0.05) is 12.3 Å². The van der Waals surface area contributed by atoms with Gasteiger partial charge in [-0.05, 0) is 15.4 Å². The van der Waals surface area contributed by atoms with E-state index in [9.17, 15) is 4.79 Å². The Bertz CT molecular complexity index is 787. The van der Waals surface area contributed by atoms with Crippen molar-refractivity contribution in [2.75, 3.05) is 6.61 Å². The van der Waals surface area contributed by atoms with Crippen LogP contribution in [-0.2, 0) is 18.7 Å². The average Bonchev–Trinajstić information content (AvgIpc) is 2.93. The molecule has 0 N–H and O–H groups in total. The maximum absolute atomic E-state index is 11.7. The van der Waals surface area contributed by atoms with Crippen molar-refractivity contribution >= 4 is 24.7 Å². The second-order valence-corrected chi connectivity index (χ2v) is 13.7. The lowest BCUT2D eigenvalue weighted by Crippen LogP contribution is -2.69. The molecular weight excluding hydrogens is 380 g/mol. The number of hydrogen-bond acceptors (Lipinski definition) is 4. The standard InChI is InChI=1S/C24H32O4Si/c1-18(25)27-22-21(24(5,6)17-26-22)28-29(23(2,3)4,19-13-9-7-10-14-19)20-15-11-8-12-16-20/h7-16,21-22H,17H2,1-6H3/t21-,22?/m1/s1. The maximum Gasteiger partial charge on any atom is 0.305 e. The minimum atomic E-state index is -2.77. The van der Waals surface area contributed by atoms with E-state index >= 15 is 0 Å². The lowest BCUT2D eigenvalue weighted by molar-refractivity contribution is -0.178. The van der Waals surface area contributed by atoms with Crippen molar-refractivity contribution in [3.63, 3.8) is 0 Å². The van der Waals surface area contributed by atoms with Crippen LogP contribution >= 0.6 is 0 Å². The Kier molecular flexibility index (Phi) is 6.04. The van der Waals surface area contributed by atoms with E-state index in [1.165, 1.54) is 17.3 Å². The number of benzene rings is 2. The predicted molar refractivity (Wildman–Crippen MR) is 118 cm³/mol. The Morgan fingerprint density at radius 3 is 1.90 bits per heavy atom. The lowest BCUT2D eigenvalue weighted by Gasteiger charge is -2.46. The third-order valence-corrected chi connectivity index (χ3v) is 10.7. The second kappa shape index (κ2) is 8.05. The summed E-state index contributed by atoms with van der Waals surface area (Å²) in [6.07, 6.45) is -1.07. The van der Waals surface area contributed by atoms with Crippen molar-refractivity contribution in [1.82, 2.24) is 0 Å². The Morgan fingerprint density at radius 2 is 1.48 bits per heavy atom. The predicted octanol–water partition coefficient (Wildman–Crippen LogP) is 3.88. The topological polar surface area (TPSA) is 44.8 Å². The summed E-state index contributed by atoms with van der Waals surface area (Å²) in [6.45, 7) is 12.8. The molecule has 1 saturated heterocycles. The Hall–Kier alpha value is -1.95. The monoisotopic (exact) mass is 412 g/mol. The molecule has 0 aromatic heterocycles. The molecule has 2 atom stereocenters. The fourth-order valence-electron chi connectivity index (χ4n) is 4.19. The molecule has 0 saturated carbocycles. The highest BCUT2D eigenvalue weighted by Gasteiger charge is 2.57. The van der Waals surface area contributed by atoms with E-state index in [1.807, 2.05) is 12.1 Å². The second-order valence-electron chi connectivity index (χ2n) is 9.48. The first-order valence-corrected chi connectivity index (χ1v) is 12.1. The molecule has 0 bridgehead atoms. The molecule has 2 aromatic carbocycles. The molecule has 4 nitrogen and oxygen atoms in total. The summed E-state index contributed by atoms with van der Waals surface area (Å²) in [6, 6.07) is 21.0. The van der Waals surface area contributed by atoms with Gasteiger partial charge in [-0.25, -0.2) is 0 Å². The van der Waals surface area contributed by atoms with Crippen LogP contribution < -0.4 is 10.4 Å². The highest BCUT2D eigenvalue weighted by molar-refractivity contribution is 6.99. The molecule has 0 aliphatic carbocycles. The normalized spacial score (nSPS) is 21.7. The summed E-state index contributed by atoms with van der Waals surface area (Å²) in [4.78, 5) is 11.7. The molecule has 2 aromatic rings. The van der Waals surface area contributed by atoms with Gasteiger partial charge in [0.05, 0.1) is 6.61 Å². The van der Waals surface area contributed by atoms with E-state index in [4.69, 9.17) is 13.9 Å². The molecule has 1 unspecified atom stereocenters. The number of ether oxygens (including phenoxy) is 2. The molecule has 1 aliphatic rings. The Balaban J connectivity index is 2.19. The Labute approximate surface area is 175 Å². The third kappa shape index (κ3) is 4.18. The van der Waals surface area contributed by atoms with Crippen LogP contribution in [-0.4, -0.2) is 33.3 Å². The van der Waals surface area contributed by atoms with Crippen LogP contribution in [0.3, 0.4) is 0 Å². The molecule has 1 fully saturated rings. The van der Waals surface area contributed by atoms with Gasteiger partial charge in [-0.1, -0.05) is 95.3 Å². The summed E-state index contributed by atoms with van der Waals surface area (Å²) in [7, 11) is -2.77. The van der Waals surface area contributed by atoms with Crippen molar-refractivity contribution in [2.45, 2.75) is 59.0 Å². The highest BCUT2D eigenvalue weighted by Crippen LogP contribution is 2.43. The van der Waals surface area contributed by atoms with Crippen LogP contribution in [0.25, 0.3) is 0 Å². The van der Waals surface area contributed by atoms with Gasteiger partial charge in [0.2, 0.25) is 6.29 Å². The van der Waals surface area contributed by atoms with Gasteiger partial charge in [0.15, 0.2) is 0 Å². The van der Waals surface area contributed by atoms with Gasteiger partial charge in [-0.15, -0.1) is 0 Å². The van der Waals surface area contributed by atoms with Crippen molar-refractivity contribution in [2.24, 2.45) is 5.41 Å². The molecule has 0 spiro atoms. The van der Waals surface area contributed by atoms with Crippen LogP contribution in [0.4, 0.5) is 0 Å². The van der Waals surface area contributed by atoms with Gasteiger partial charge in [-0.2, -0.15) is 0 Å². The van der Waals surface area contributed by atoms with Crippen LogP contribution in [0, 0.1) is 5.41 Å². The van der Waals surface area contributed by atoms with Crippen molar-refractivity contribution in [3.8, 4) is 0 Å². The third-order valence-electron chi connectivity index (χ3n) is 5.64. The molecule has 29 heavy (non-hydrogen) atoms. The lowest BCUT2D eigenvalue weighted by atomic mass is 9.90. The Morgan fingerprint density at radius 1 is 1.00 bits per heavy atom. The van der Waals surface area contributed by atoms with Gasteiger partial charge in [0.25, 0.3) is 8.32 Å². The van der Waals surface area contributed by atoms with Gasteiger partial charge in [-0.3, -0.25) is 4.79 Å². The molecule has 1 heterocycles. The fraction of sp³-hybridized carbons (Fsp3) is 0.458. The van der Waals surface area contributed by atoms with E-state index in [0.29, 0.717) is 6.61 Å². The zero-order chi connectivity index (χ0) is 21.3. The SMILES string of the molecule is CC(=O)OC1OCC(C)(C)[C@@H]1O[Si](c1ccccc1)(c1ccccc1)C(C)(C)C. The minimum Gasteiger partial charge on any atom is -0.433 e. The van der Waals surface area contributed by atoms with E-state index in [0.717, 1.165) is 0 Å². The number of carbonyl (C=O) groups excluding carboxylic acids is 1. The first-order chi connectivity index (χ1) is 13.6.